The lowest BCUT2D eigenvalue weighted by Gasteiger charge is -2.23. The third-order valence-corrected chi connectivity index (χ3v) is 9.09. The van der Waals surface area contributed by atoms with E-state index in [1.165, 1.54) is 0 Å². The molecule has 8 rings (SSSR count). The molecule has 8 aromatic rings. The first-order valence-corrected chi connectivity index (χ1v) is 15.0. The highest BCUT2D eigenvalue weighted by Gasteiger charge is 2.32. The zero-order chi connectivity index (χ0) is 33.4. The number of fused-ring (bicyclic) bond motifs is 4. The van der Waals surface area contributed by atoms with E-state index in [0.29, 0.717) is 16.5 Å². The average Bonchev–Trinajstić information content (AvgIpc) is 3.13. The lowest BCUT2D eigenvalue weighted by atomic mass is 9.82. The van der Waals surface area contributed by atoms with E-state index in [0.717, 1.165) is 27.3 Å². The molecule has 0 amide bonds. The third-order valence-electron chi connectivity index (χ3n) is 9.09. The van der Waals surface area contributed by atoms with Gasteiger partial charge in [-0.15, -0.1) is 0 Å². The minimum atomic E-state index is -1.01. The molecule has 0 radical (unpaired) electrons. The Morgan fingerprint density at radius 1 is 0.292 bits per heavy atom. The molecule has 234 valence electrons. The van der Waals surface area contributed by atoms with Crippen LogP contribution in [0.5, 0.6) is 46.0 Å². The van der Waals surface area contributed by atoms with Gasteiger partial charge in [0.1, 0.15) is 0 Å². The third kappa shape index (κ3) is 3.96. The normalized spacial score (nSPS) is 11.6. The van der Waals surface area contributed by atoms with Crippen molar-refractivity contribution < 1.29 is 40.9 Å². The largest absolute Gasteiger partial charge is 0.504 e. The molecule has 0 fully saturated rings. The summed E-state index contributed by atoms with van der Waals surface area (Å²) in [4.78, 5) is 0. The molecule has 0 aromatic heterocycles. The van der Waals surface area contributed by atoms with Crippen molar-refractivity contribution in [1.82, 2.24) is 0 Å². The van der Waals surface area contributed by atoms with E-state index in [1.54, 1.807) is 42.5 Å². The average molecular weight is 635 g/mol. The van der Waals surface area contributed by atoms with Crippen LogP contribution in [0.15, 0.2) is 109 Å². The predicted molar refractivity (Wildman–Crippen MR) is 186 cm³/mol. The summed E-state index contributed by atoms with van der Waals surface area (Å²) in [7, 11) is 0. The lowest BCUT2D eigenvalue weighted by molar-refractivity contribution is 0.350. The molecule has 0 aliphatic rings. The Morgan fingerprint density at radius 3 is 1.38 bits per heavy atom. The maximum absolute atomic E-state index is 11.6. The summed E-state index contributed by atoms with van der Waals surface area (Å²) in [5.74, 6) is -7.31. The quantitative estimate of drug-likeness (QED) is 0.0543. The van der Waals surface area contributed by atoms with E-state index in [-0.39, 0.29) is 32.7 Å². The Kier molecular flexibility index (Phi) is 6.19. The van der Waals surface area contributed by atoms with Crippen LogP contribution >= 0.6 is 0 Å². The summed E-state index contributed by atoms with van der Waals surface area (Å²) in [6, 6.07) is 33.3. The molecular formula is C40H26O8. The summed E-state index contributed by atoms with van der Waals surface area (Å²) in [5, 5.41) is 92.3. The van der Waals surface area contributed by atoms with E-state index < -0.39 is 46.0 Å². The van der Waals surface area contributed by atoms with E-state index >= 15 is 0 Å². The van der Waals surface area contributed by atoms with Crippen LogP contribution in [-0.4, -0.2) is 40.9 Å². The van der Waals surface area contributed by atoms with Gasteiger partial charge in [0.2, 0.25) is 23.0 Å². The standard InChI is InChI=1S/C40H26O8/c41-33-29-27(24-12-5-11-22(18-24)23-16-15-19-7-1-2-9-21(19)17-23)30-32(36(44)40(48)38(46)34(30)42)28(31(29)35(43)39(47)37(33)45)26-14-6-10-20-8-3-4-13-25(20)26/h1-18,41-48H. The zero-order valence-corrected chi connectivity index (χ0v) is 25.0. The number of hydrogen-bond acceptors (Lipinski definition) is 8. The highest BCUT2D eigenvalue weighted by molar-refractivity contribution is 6.30. The first kappa shape index (κ1) is 28.7. The maximum atomic E-state index is 11.6. The monoisotopic (exact) mass is 634 g/mol. The van der Waals surface area contributed by atoms with Gasteiger partial charge in [0.15, 0.2) is 23.0 Å². The molecule has 0 atom stereocenters. The summed E-state index contributed by atoms with van der Waals surface area (Å²) >= 11 is 0. The highest BCUT2D eigenvalue weighted by Crippen LogP contribution is 2.62. The fourth-order valence-corrected chi connectivity index (χ4v) is 6.84. The van der Waals surface area contributed by atoms with E-state index in [2.05, 4.69) is 0 Å². The molecule has 0 aliphatic carbocycles. The number of benzene rings is 8. The van der Waals surface area contributed by atoms with Crippen LogP contribution in [0.25, 0.3) is 76.5 Å². The van der Waals surface area contributed by atoms with Gasteiger partial charge in [0, 0.05) is 32.7 Å². The summed E-state index contributed by atoms with van der Waals surface area (Å²) in [6.45, 7) is 0. The van der Waals surface area contributed by atoms with Crippen molar-refractivity contribution >= 4 is 43.1 Å². The van der Waals surface area contributed by atoms with Crippen LogP contribution in [0.3, 0.4) is 0 Å². The van der Waals surface area contributed by atoms with E-state index in [1.807, 2.05) is 66.7 Å². The SMILES string of the molecule is Oc1c(O)c(O)c2c(-c3cccc4ccccc34)c3c(O)c(O)c(O)c(O)c3c(-c3cccc(-c4ccc5ccccc5c4)c3)c2c1O. The fourth-order valence-electron chi connectivity index (χ4n) is 6.84. The first-order valence-electron chi connectivity index (χ1n) is 15.0. The highest BCUT2D eigenvalue weighted by atomic mass is 16.4. The first-order chi connectivity index (χ1) is 23.2. The second-order valence-corrected chi connectivity index (χ2v) is 11.7. The van der Waals surface area contributed by atoms with Crippen LogP contribution in [0.1, 0.15) is 0 Å². The Bertz CT molecular complexity index is 2570. The second-order valence-electron chi connectivity index (χ2n) is 11.7. The lowest BCUT2D eigenvalue weighted by Crippen LogP contribution is -1.95. The molecule has 8 aromatic carbocycles. The molecule has 0 saturated carbocycles. The van der Waals surface area contributed by atoms with Gasteiger partial charge < -0.3 is 40.9 Å². The van der Waals surface area contributed by atoms with Crippen LogP contribution in [0.2, 0.25) is 0 Å². The molecule has 48 heavy (non-hydrogen) atoms. The van der Waals surface area contributed by atoms with Crippen LogP contribution in [0, 0.1) is 0 Å². The zero-order valence-electron chi connectivity index (χ0n) is 25.0. The minimum absolute atomic E-state index is 0.00201. The Morgan fingerprint density at radius 2 is 0.750 bits per heavy atom. The number of aromatic hydroxyl groups is 8. The smallest absolute Gasteiger partial charge is 0.204 e. The fraction of sp³-hybridized carbons (Fsp3) is 0. The van der Waals surface area contributed by atoms with Crippen LogP contribution in [-0.2, 0) is 0 Å². The van der Waals surface area contributed by atoms with Crippen molar-refractivity contribution in [2.75, 3.05) is 0 Å². The van der Waals surface area contributed by atoms with Gasteiger partial charge >= 0.3 is 0 Å². The van der Waals surface area contributed by atoms with Gasteiger partial charge in [-0.2, -0.15) is 0 Å². The number of phenols is 8. The Balaban J connectivity index is 1.60. The van der Waals surface area contributed by atoms with Crippen molar-refractivity contribution in [3.8, 4) is 79.4 Å². The van der Waals surface area contributed by atoms with Gasteiger partial charge in [-0.05, 0) is 55.9 Å². The Labute approximate surface area is 272 Å². The molecule has 0 heterocycles. The van der Waals surface area contributed by atoms with Crippen molar-refractivity contribution in [1.29, 1.82) is 0 Å². The van der Waals surface area contributed by atoms with Crippen molar-refractivity contribution in [3.05, 3.63) is 109 Å². The second kappa shape index (κ2) is 10.4. The molecule has 0 saturated heterocycles. The van der Waals surface area contributed by atoms with E-state index in [9.17, 15) is 40.9 Å². The molecule has 8 nitrogen and oxygen atoms in total. The molecule has 0 aliphatic heterocycles. The molecule has 8 N–H and O–H groups in total. The Hall–Kier alpha value is -6.80. The minimum Gasteiger partial charge on any atom is -0.504 e. The molecule has 0 unspecified atom stereocenters. The van der Waals surface area contributed by atoms with E-state index in [4.69, 9.17) is 0 Å². The molecular weight excluding hydrogens is 608 g/mol. The summed E-state index contributed by atoms with van der Waals surface area (Å²) < 4.78 is 0. The van der Waals surface area contributed by atoms with Crippen LogP contribution < -0.4 is 0 Å². The van der Waals surface area contributed by atoms with Crippen molar-refractivity contribution in [2.24, 2.45) is 0 Å². The topological polar surface area (TPSA) is 162 Å². The number of hydrogen-bond donors (Lipinski definition) is 8. The molecule has 8 heteroatoms. The van der Waals surface area contributed by atoms with Gasteiger partial charge in [-0.25, -0.2) is 0 Å². The van der Waals surface area contributed by atoms with Crippen LogP contribution in [0.4, 0.5) is 0 Å². The van der Waals surface area contributed by atoms with Crippen molar-refractivity contribution in [2.45, 2.75) is 0 Å². The summed E-state index contributed by atoms with van der Waals surface area (Å²) in [5.41, 5.74) is 2.32. The van der Waals surface area contributed by atoms with Gasteiger partial charge in [-0.3, -0.25) is 0 Å². The van der Waals surface area contributed by atoms with Gasteiger partial charge in [0.05, 0.1) is 0 Å². The van der Waals surface area contributed by atoms with Gasteiger partial charge in [0.25, 0.3) is 0 Å². The van der Waals surface area contributed by atoms with Gasteiger partial charge in [-0.1, -0.05) is 97.1 Å². The molecule has 0 bridgehead atoms. The number of phenolic OH excluding ortho intramolecular Hbond substituents is 8. The van der Waals surface area contributed by atoms with Crippen molar-refractivity contribution in [3.63, 3.8) is 0 Å². The maximum Gasteiger partial charge on any atom is 0.204 e. The summed E-state index contributed by atoms with van der Waals surface area (Å²) in [6.07, 6.45) is 0. The molecule has 0 spiro atoms. The number of rotatable bonds is 3. The predicted octanol–water partition coefficient (Wildman–Crippen LogP) is 8.95.